The molecule has 1 aliphatic carbocycles. The zero-order valence-electron chi connectivity index (χ0n) is 20.2. The van der Waals surface area contributed by atoms with E-state index in [-0.39, 0.29) is 25.1 Å². The highest BCUT2D eigenvalue weighted by atomic mass is 19.3. The molecule has 0 aromatic carbocycles. The van der Waals surface area contributed by atoms with Gasteiger partial charge in [0.25, 0.3) is 11.5 Å². The van der Waals surface area contributed by atoms with Gasteiger partial charge in [0.1, 0.15) is 0 Å². The third-order valence-corrected chi connectivity index (χ3v) is 6.85. The lowest BCUT2D eigenvalue weighted by molar-refractivity contribution is -0.0117. The van der Waals surface area contributed by atoms with Crippen LogP contribution in [0.1, 0.15) is 48.2 Å². The van der Waals surface area contributed by atoms with Crippen molar-refractivity contribution in [1.82, 2.24) is 14.6 Å². The SMILES string of the molecule is Cc1nc(/C(N)=C(\Cn2ccc(CC3CC3)c(C)c2=O)N(C)N)ccc1N1CCCC(F)(F)C1. The second-order valence-electron chi connectivity index (χ2n) is 9.70. The number of allylic oxidation sites excluding steroid dienone is 1. The van der Waals surface area contributed by atoms with Gasteiger partial charge in [-0.2, -0.15) is 0 Å². The van der Waals surface area contributed by atoms with E-state index in [0.717, 1.165) is 17.5 Å². The third kappa shape index (κ3) is 5.24. The third-order valence-electron chi connectivity index (χ3n) is 6.85. The molecule has 1 saturated carbocycles. The van der Waals surface area contributed by atoms with Gasteiger partial charge < -0.3 is 20.2 Å². The summed E-state index contributed by atoms with van der Waals surface area (Å²) in [4.78, 5) is 19.3. The zero-order valence-corrected chi connectivity index (χ0v) is 20.2. The van der Waals surface area contributed by atoms with Crippen molar-refractivity contribution in [2.45, 2.75) is 58.4 Å². The number of aryl methyl sites for hydroxylation is 1. The number of anilines is 1. The number of aromatic nitrogens is 2. The van der Waals surface area contributed by atoms with Gasteiger partial charge in [-0.15, -0.1) is 0 Å². The molecule has 0 unspecified atom stereocenters. The largest absolute Gasteiger partial charge is 0.395 e. The van der Waals surface area contributed by atoms with Crippen LogP contribution in [0.5, 0.6) is 0 Å². The Morgan fingerprint density at radius 1 is 1.26 bits per heavy atom. The number of nitrogens with two attached hydrogens (primary N) is 2. The van der Waals surface area contributed by atoms with Crippen LogP contribution in [0.3, 0.4) is 0 Å². The van der Waals surface area contributed by atoms with Crippen LogP contribution in [0.2, 0.25) is 0 Å². The minimum Gasteiger partial charge on any atom is -0.395 e. The van der Waals surface area contributed by atoms with E-state index < -0.39 is 5.92 Å². The molecule has 0 amide bonds. The lowest BCUT2D eigenvalue weighted by Gasteiger charge is -2.34. The molecule has 4 N–H and O–H groups in total. The number of hydrogen-bond donors (Lipinski definition) is 2. The van der Waals surface area contributed by atoms with Crippen molar-refractivity contribution >= 4 is 11.4 Å². The highest BCUT2D eigenvalue weighted by molar-refractivity contribution is 5.65. The summed E-state index contributed by atoms with van der Waals surface area (Å²) >= 11 is 0. The molecule has 1 aliphatic heterocycles. The highest BCUT2D eigenvalue weighted by Crippen LogP contribution is 2.33. The summed E-state index contributed by atoms with van der Waals surface area (Å²) in [7, 11) is 1.67. The lowest BCUT2D eigenvalue weighted by atomic mass is 10.1. The Morgan fingerprint density at radius 3 is 2.62 bits per heavy atom. The Balaban J connectivity index is 1.61. The monoisotopic (exact) mass is 472 g/mol. The van der Waals surface area contributed by atoms with E-state index in [1.807, 2.05) is 13.0 Å². The molecule has 0 radical (unpaired) electrons. The molecule has 9 heteroatoms. The van der Waals surface area contributed by atoms with Crippen LogP contribution in [0, 0.1) is 19.8 Å². The van der Waals surface area contributed by atoms with Gasteiger partial charge in [-0.05, 0) is 69.2 Å². The number of halogens is 2. The van der Waals surface area contributed by atoms with E-state index in [9.17, 15) is 13.6 Å². The smallest absolute Gasteiger partial charge is 0.265 e. The topological polar surface area (TPSA) is 93.4 Å². The standard InChI is InChI=1S/C25H34F2N6O/c1-16-19(13-18-5-6-18)9-12-32(24(16)34)14-22(31(3)29)23(28)20-7-8-21(17(2)30-20)33-11-4-10-25(26,27)15-33/h7-9,12,18H,4-6,10-11,13-15,28-29H2,1-3H3/b23-22-. The number of hydrogen-bond acceptors (Lipinski definition) is 6. The van der Waals surface area contributed by atoms with Crippen LogP contribution >= 0.6 is 0 Å². The summed E-state index contributed by atoms with van der Waals surface area (Å²) in [6, 6.07) is 5.51. The Morgan fingerprint density at radius 2 is 2.00 bits per heavy atom. The maximum Gasteiger partial charge on any atom is 0.265 e. The van der Waals surface area contributed by atoms with Crippen molar-refractivity contribution in [3.05, 3.63) is 63.0 Å². The summed E-state index contributed by atoms with van der Waals surface area (Å²) in [6.45, 7) is 4.11. The Hall–Kier alpha value is -2.94. The Bertz CT molecular complexity index is 1150. The molecule has 34 heavy (non-hydrogen) atoms. The molecule has 2 aliphatic rings. The lowest BCUT2D eigenvalue weighted by Crippen LogP contribution is -2.43. The van der Waals surface area contributed by atoms with Crippen LogP contribution in [-0.2, 0) is 13.0 Å². The van der Waals surface area contributed by atoms with Crippen LogP contribution in [0.15, 0.2) is 34.9 Å². The number of likely N-dealkylation sites (N-methyl/N-ethyl adjacent to an activating group) is 1. The van der Waals surface area contributed by atoms with Gasteiger partial charge in [-0.25, -0.2) is 19.6 Å². The molecule has 0 spiro atoms. The van der Waals surface area contributed by atoms with Crippen LogP contribution in [0.25, 0.3) is 5.70 Å². The second-order valence-corrected chi connectivity index (χ2v) is 9.70. The van der Waals surface area contributed by atoms with Gasteiger partial charge in [0.05, 0.1) is 41.6 Å². The van der Waals surface area contributed by atoms with Crippen molar-refractivity contribution in [1.29, 1.82) is 0 Å². The second kappa shape index (κ2) is 9.37. The molecule has 2 aromatic rings. The van der Waals surface area contributed by atoms with Crippen LogP contribution < -0.4 is 22.0 Å². The van der Waals surface area contributed by atoms with Crippen LogP contribution in [-0.4, -0.2) is 40.6 Å². The summed E-state index contributed by atoms with van der Waals surface area (Å²) in [5, 5.41) is 1.39. The first-order chi connectivity index (χ1) is 16.1. The zero-order chi connectivity index (χ0) is 24.6. The number of piperidine rings is 1. The summed E-state index contributed by atoms with van der Waals surface area (Å²) in [5.74, 6) is 4.09. The van der Waals surface area contributed by atoms with Crippen molar-refractivity contribution in [2.75, 3.05) is 25.0 Å². The summed E-state index contributed by atoms with van der Waals surface area (Å²) in [6.07, 6.45) is 5.55. The molecule has 7 nitrogen and oxygen atoms in total. The first-order valence-corrected chi connectivity index (χ1v) is 11.8. The van der Waals surface area contributed by atoms with Gasteiger partial charge in [-0.3, -0.25) is 4.79 Å². The fraction of sp³-hybridized carbons (Fsp3) is 0.520. The van der Waals surface area contributed by atoms with Crippen LogP contribution in [0.4, 0.5) is 14.5 Å². The molecular formula is C25H34F2N6O. The Kier molecular flexibility index (Phi) is 6.66. The van der Waals surface area contributed by atoms with E-state index >= 15 is 0 Å². The first kappa shape index (κ1) is 24.2. The predicted octanol–water partition coefficient (Wildman–Crippen LogP) is 3.18. The summed E-state index contributed by atoms with van der Waals surface area (Å²) < 4.78 is 29.4. The number of alkyl halides is 2. The number of hydrazine groups is 1. The molecule has 0 atom stereocenters. The first-order valence-electron chi connectivity index (χ1n) is 11.8. The minimum atomic E-state index is -2.70. The van der Waals surface area contributed by atoms with Crippen molar-refractivity contribution in [3.63, 3.8) is 0 Å². The average Bonchev–Trinajstić information content (AvgIpc) is 3.59. The van der Waals surface area contributed by atoms with Crippen molar-refractivity contribution < 1.29 is 8.78 Å². The fourth-order valence-corrected chi connectivity index (χ4v) is 4.61. The highest BCUT2D eigenvalue weighted by Gasteiger charge is 2.35. The van der Waals surface area contributed by atoms with E-state index in [1.54, 1.807) is 41.8 Å². The van der Waals surface area contributed by atoms with Gasteiger partial charge in [-0.1, -0.05) is 0 Å². The molecule has 4 rings (SSSR count). The van der Waals surface area contributed by atoms with Crippen molar-refractivity contribution in [3.8, 4) is 0 Å². The number of pyridine rings is 2. The average molecular weight is 473 g/mol. The normalized spacial score (nSPS) is 18.6. The Labute approximate surface area is 199 Å². The number of rotatable bonds is 7. The quantitative estimate of drug-likeness (QED) is 0.475. The molecular weight excluding hydrogens is 438 g/mol. The van der Waals surface area contributed by atoms with E-state index in [2.05, 4.69) is 4.98 Å². The maximum absolute atomic E-state index is 13.9. The molecule has 184 valence electrons. The minimum absolute atomic E-state index is 0.0594. The van der Waals surface area contributed by atoms with E-state index in [1.165, 1.54) is 17.9 Å². The molecule has 2 fully saturated rings. The predicted molar refractivity (Wildman–Crippen MR) is 130 cm³/mol. The molecule has 1 saturated heterocycles. The molecule has 2 aromatic heterocycles. The van der Waals surface area contributed by atoms with Gasteiger partial charge in [0, 0.05) is 31.8 Å². The number of nitrogens with zero attached hydrogens (tertiary/aromatic N) is 4. The van der Waals surface area contributed by atoms with Gasteiger partial charge in [0.15, 0.2) is 0 Å². The summed E-state index contributed by atoms with van der Waals surface area (Å²) in [5.41, 5.74) is 10.9. The molecule has 3 heterocycles. The van der Waals surface area contributed by atoms with Crippen molar-refractivity contribution in [2.24, 2.45) is 17.5 Å². The van der Waals surface area contributed by atoms with E-state index in [0.29, 0.717) is 47.4 Å². The van der Waals surface area contributed by atoms with E-state index in [4.69, 9.17) is 11.6 Å². The molecule has 0 bridgehead atoms. The van der Waals surface area contributed by atoms with Gasteiger partial charge in [0.2, 0.25) is 0 Å². The van der Waals surface area contributed by atoms with Gasteiger partial charge >= 0.3 is 0 Å². The fourth-order valence-electron chi connectivity index (χ4n) is 4.61. The maximum atomic E-state index is 13.9.